The smallest absolute Gasteiger partial charge is 0.225 e. The summed E-state index contributed by atoms with van der Waals surface area (Å²) in [7, 11) is 0. The van der Waals surface area contributed by atoms with Crippen LogP contribution >= 0.6 is 11.6 Å². The molecule has 0 aromatic heterocycles. The SMILES string of the molecule is CC(C)N1C[C@@H](C(=O)NCCOc2cccc(Cl)c2)CC1=O. The number of halogens is 1. The molecule has 0 saturated carbocycles. The lowest BCUT2D eigenvalue weighted by Crippen LogP contribution is -2.36. The second kappa shape index (κ2) is 7.49. The van der Waals surface area contributed by atoms with Gasteiger partial charge in [0, 0.05) is 24.0 Å². The zero-order chi connectivity index (χ0) is 16.1. The number of rotatable bonds is 6. The Balaban J connectivity index is 1.71. The molecule has 1 fully saturated rings. The predicted molar refractivity (Wildman–Crippen MR) is 84.9 cm³/mol. The van der Waals surface area contributed by atoms with E-state index < -0.39 is 0 Å². The minimum Gasteiger partial charge on any atom is -0.492 e. The van der Waals surface area contributed by atoms with Crippen LogP contribution in [0, 0.1) is 5.92 Å². The topological polar surface area (TPSA) is 58.6 Å². The summed E-state index contributed by atoms with van der Waals surface area (Å²) >= 11 is 5.86. The van der Waals surface area contributed by atoms with Crippen molar-refractivity contribution in [1.29, 1.82) is 0 Å². The zero-order valence-electron chi connectivity index (χ0n) is 12.8. The van der Waals surface area contributed by atoms with Crippen molar-refractivity contribution in [2.24, 2.45) is 5.92 Å². The largest absolute Gasteiger partial charge is 0.492 e. The lowest BCUT2D eigenvalue weighted by molar-refractivity contribution is -0.129. The van der Waals surface area contributed by atoms with Crippen LogP contribution in [0.25, 0.3) is 0 Å². The number of ether oxygens (including phenoxy) is 1. The highest BCUT2D eigenvalue weighted by Gasteiger charge is 2.35. The number of likely N-dealkylation sites (tertiary alicyclic amines) is 1. The summed E-state index contributed by atoms with van der Waals surface area (Å²) < 4.78 is 5.50. The molecule has 0 unspecified atom stereocenters. The van der Waals surface area contributed by atoms with Gasteiger partial charge >= 0.3 is 0 Å². The minimum atomic E-state index is -0.263. The number of hydrogen-bond acceptors (Lipinski definition) is 3. The summed E-state index contributed by atoms with van der Waals surface area (Å²) in [6.07, 6.45) is 0.291. The summed E-state index contributed by atoms with van der Waals surface area (Å²) in [4.78, 5) is 25.6. The average molecular weight is 325 g/mol. The highest BCUT2D eigenvalue weighted by molar-refractivity contribution is 6.30. The second-order valence-corrected chi connectivity index (χ2v) is 6.07. The van der Waals surface area contributed by atoms with E-state index in [9.17, 15) is 9.59 Å². The minimum absolute atomic E-state index is 0.0466. The van der Waals surface area contributed by atoms with Gasteiger partial charge in [-0.2, -0.15) is 0 Å². The Kier molecular flexibility index (Phi) is 5.66. The molecule has 0 radical (unpaired) electrons. The number of benzene rings is 1. The summed E-state index contributed by atoms with van der Waals surface area (Å²) in [6.45, 7) is 5.17. The van der Waals surface area contributed by atoms with Gasteiger partial charge in [-0.05, 0) is 32.0 Å². The molecule has 22 heavy (non-hydrogen) atoms. The second-order valence-electron chi connectivity index (χ2n) is 5.64. The van der Waals surface area contributed by atoms with Crippen LogP contribution in [0.5, 0.6) is 5.75 Å². The quantitative estimate of drug-likeness (QED) is 0.815. The Labute approximate surface area is 135 Å². The van der Waals surface area contributed by atoms with Gasteiger partial charge in [0.05, 0.1) is 12.5 Å². The third-order valence-electron chi connectivity index (χ3n) is 3.62. The third kappa shape index (κ3) is 4.37. The normalized spacial score (nSPS) is 17.9. The van der Waals surface area contributed by atoms with Crippen molar-refractivity contribution in [1.82, 2.24) is 10.2 Å². The van der Waals surface area contributed by atoms with Crippen LogP contribution in [0.15, 0.2) is 24.3 Å². The molecule has 1 N–H and O–H groups in total. The van der Waals surface area contributed by atoms with Crippen molar-refractivity contribution < 1.29 is 14.3 Å². The Hall–Kier alpha value is -1.75. The van der Waals surface area contributed by atoms with Gasteiger partial charge in [-0.15, -0.1) is 0 Å². The number of amides is 2. The first-order valence-electron chi connectivity index (χ1n) is 7.43. The van der Waals surface area contributed by atoms with Crippen LogP contribution in [0.4, 0.5) is 0 Å². The highest BCUT2D eigenvalue weighted by atomic mass is 35.5. The number of carbonyl (C=O) groups is 2. The molecular weight excluding hydrogens is 304 g/mol. The molecule has 1 aliphatic rings. The van der Waals surface area contributed by atoms with Gasteiger partial charge in [0.25, 0.3) is 0 Å². The molecule has 2 rings (SSSR count). The van der Waals surface area contributed by atoms with Crippen molar-refractivity contribution >= 4 is 23.4 Å². The van der Waals surface area contributed by atoms with E-state index in [2.05, 4.69) is 5.32 Å². The number of hydrogen-bond donors (Lipinski definition) is 1. The monoisotopic (exact) mass is 324 g/mol. The summed E-state index contributed by atoms with van der Waals surface area (Å²) in [5, 5.41) is 3.42. The average Bonchev–Trinajstić information content (AvgIpc) is 2.86. The molecule has 1 atom stereocenters. The van der Waals surface area contributed by atoms with E-state index in [0.717, 1.165) is 0 Å². The van der Waals surface area contributed by atoms with Crippen molar-refractivity contribution in [2.75, 3.05) is 19.7 Å². The lowest BCUT2D eigenvalue weighted by atomic mass is 10.1. The van der Waals surface area contributed by atoms with E-state index >= 15 is 0 Å². The summed E-state index contributed by atoms with van der Waals surface area (Å²) in [5.74, 6) is 0.362. The maximum absolute atomic E-state index is 12.1. The van der Waals surface area contributed by atoms with E-state index in [1.165, 1.54) is 0 Å². The van der Waals surface area contributed by atoms with Gasteiger partial charge < -0.3 is 15.0 Å². The van der Waals surface area contributed by atoms with E-state index in [4.69, 9.17) is 16.3 Å². The lowest BCUT2D eigenvalue weighted by Gasteiger charge is -2.20. The first kappa shape index (κ1) is 16.6. The van der Waals surface area contributed by atoms with Crippen LogP contribution in [-0.4, -0.2) is 42.5 Å². The summed E-state index contributed by atoms with van der Waals surface area (Å²) in [5.41, 5.74) is 0. The van der Waals surface area contributed by atoms with Crippen LogP contribution < -0.4 is 10.1 Å². The van der Waals surface area contributed by atoms with E-state index in [1.807, 2.05) is 19.9 Å². The van der Waals surface area contributed by atoms with Gasteiger partial charge in [0.2, 0.25) is 11.8 Å². The van der Waals surface area contributed by atoms with Crippen LogP contribution in [0.1, 0.15) is 20.3 Å². The molecule has 1 aliphatic heterocycles. The van der Waals surface area contributed by atoms with E-state index in [-0.39, 0.29) is 23.8 Å². The Morgan fingerprint density at radius 2 is 2.27 bits per heavy atom. The van der Waals surface area contributed by atoms with Gasteiger partial charge in [0.15, 0.2) is 0 Å². The van der Waals surface area contributed by atoms with Crippen molar-refractivity contribution in [2.45, 2.75) is 26.3 Å². The Morgan fingerprint density at radius 1 is 1.50 bits per heavy atom. The van der Waals surface area contributed by atoms with E-state index in [1.54, 1.807) is 23.1 Å². The number of nitrogens with zero attached hydrogens (tertiary/aromatic N) is 1. The van der Waals surface area contributed by atoms with Gasteiger partial charge in [-0.3, -0.25) is 9.59 Å². The molecule has 1 saturated heterocycles. The first-order valence-corrected chi connectivity index (χ1v) is 7.80. The molecule has 0 spiro atoms. The predicted octanol–water partition coefficient (Wildman–Crippen LogP) is 2.09. The first-order chi connectivity index (χ1) is 10.5. The van der Waals surface area contributed by atoms with Crippen LogP contribution in [0.3, 0.4) is 0 Å². The number of nitrogens with one attached hydrogen (secondary N) is 1. The standard InChI is InChI=1S/C16H21ClN2O3/c1-11(2)19-10-12(8-15(19)20)16(21)18-6-7-22-14-5-3-4-13(17)9-14/h3-5,9,11-12H,6-8,10H2,1-2H3,(H,18,21)/t12-/m0/s1. The molecule has 1 heterocycles. The molecule has 0 bridgehead atoms. The fourth-order valence-corrected chi connectivity index (χ4v) is 2.63. The van der Waals surface area contributed by atoms with E-state index in [0.29, 0.717) is 36.9 Å². The van der Waals surface area contributed by atoms with Crippen molar-refractivity contribution in [3.63, 3.8) is 0 Å². The molecule has 120 valence electrons. The Bertz CT molecular complexity index is 548. The number of carbonyl (C=O) groups excluding carboxylic acids is 2. The van der Waals surface area contributed by atoms with Gasteiger partial charge in [0.1, 0.15) is 12.4 Å². The van der Waals surface area contributed by atoms with Gasteiger partial charge in [-0.1, -0.05) is 17.7 Å². The summed E-state index contributed by atoms with van der Waals surface area (Å²) in [6, 6.07) is 7.24. The molecule has 1 aromatic rings. The molecule has 1 aromatic carbocycles. The fourth-order valence-electron chi connectivity index (χ4n) is 2.45. The molecule has 0 aliphatic carbocycles. The fraction of sp³-hybridized carbons (Fsp3) is 0.500. The van der Waals surface area contributed by atoms with Crippen LogP contribution in [-0.2, 0) is 9.59 Å². The molecule has 6 heteroatoms. The molecular formula is C16H21ClN2O3. The van der Waals surface area contributed by atoms with Crippen molar-refractivity contribution in [3.8, 4) is 5.75 Å². The highest BCUT2D eigenvalue weighted by Crippen LogP contribution is 2.20. The van der Waals surface area contributed by atoms with Crippen LogP contribution in [0.2, 0.25) is 5.02 Å². The third-order valence-corrected chi connectivity index (χ3v) is 3.85. The zero-order valence-corrected chi connectivity index (χ0v) is 13.6. The maximum Gasteiger partial charge on any atom is 0.225 e. The van der Waals surface area contributed by atoms with Gasteiger partial charge in [-0.25, -0.2) is 0 Å². The maximum atomic E-state index is 12.1. The Morgan fingerprint density at radius 3 is 2.91 bits per heavy atom. The molecule has 5 nitrogen and oxygen atoms in total. The van der Waals surface area contributed by atoms with Crippen molar-refractivity contribution in [3.05, 3.63) is 29.3 Å². The molecule has 2 amide bonds.